The Bertz CT molecular complexity index is 849. The number of rotatable bonds is 5. The molecule has 1 atom stereocenters. The summed E-state index contributed by atoms with van der Waals surface area (Å²) in [5.41, 5.74) is 0.0596. The van der Waals surface area contributed by atoms with E-state index in [2.05, 4.69) is 10.3 Å². The van der Waals surface area contributed by atoms with Gasteiger partial charge < -0.3 is 0 Å². The molecule has 0 radical (unpaired) electrons. The molecule has 1 amide bonds. The summed E-state index contributed by atoms with van der Waals surface area (Å²) in [6.45, 7) is 0.255. The Morgan fingerprint density at radius 2 is 2.12 bits per heavy atom. The second-order valence-electron chi connectivity index (χ2n) is 5.27. The number of amides is 1. The van der Waals surface area contributed by atoms with Crippen LogP contribution in [0.3, 0.4) is 0 Å². The summed E-state index contributed by atoms with van der Waals surface area (Å²) >= 11 is -3.85. The van der Waals surface area contributed by atoms with Crippen molar-refractivity contribution in [2.24, 2.45) is 3.95 Å². The first-order valence-corrected chi connectivity index (χ1v) is 11.9. The minimum absolute atomic E-state index is 0.0556. The second-order valence-corrected chi connectivity index (χ2v) is 11.0. The molecule has 1 aliphatic heterocycles. The summed E-state index contributed by atoms with van der Waals surface area (Å²) in [6.07, 6.45) is 0.796. The van der Waals surface area contributed by atoms with Crippen molar-refractivity contribution in [3.05, 3.63) is 44.9 Å². The van der Waals surface area contributed by atoms with E-state index < -0.39 is 36.6 Å². The molecule has 4 N–H and O–H groups in total. The van der Waals surface area contributed by atoms with Gasteiger partial charge in [0.2, 0.25) is 0 Å². The SMILES string of the molecule is N[I-]1(O)COc2c1cc(CCNC=O)nc2-c1ccc(F)c(F)c1F. The van der Waals surface area contributed by atoms with Crippen molar-refractivity contribution in [2.75, 3.05) is 11.2 Å². The molecule has 1 unspecified atom stereocenters. The molecule has 2 aromatic rings. The molecule has 0 saturated carbocycles. The van der Waals surface area contributed by atoms with Crippen LogP contribution in [0, 0.1) is 21.0 Å². The molecular formula is C15H14F3IN3O3-. The van der Waals surface area contributed by atoms with Crippen LogP contribution in [0.25, 0.3) is 11.3 Å². The summed E-state index contributed by atoms with van der Waals surface area (Å²) in [6, 6.07) is 3.38. The normalized spacial score (nSPS) is 21.2. The van der Waals surface area contributed by atoms with Gasteiger partial charge >= 0.3 is 145 Å². The van der Waals surface area contributed by atoms with Gasteiger partial charge in [0.15, 0.2) is 0 Å². The predicted octanol–water partition coefficient (Wildman–Crippen LogP) is -2.08. The summed E-state index contributed by atoms with van der Waals surface area (Å²) in [4.78, 5) is 14.6. The zero-order valence-electron chi connectivity index (χ0n) is 12.7. The molecule has 0 aliphatic carbocycles. The second kappa shape index (κ2) is 6.77. The molecule has 1 aliphatic rings. The van der Waals surface area contributed by atoms with Crippen LogP contribution in [0.5, 0.6) is 5.75 Å². The fourth-order valence-electron chi connectivity index (χ4n) is 2.41. The van der Waals surface area contributed by atoms with Gasteiger partial charge in [0.25, 0.3) is 0 Å². The predicted molar refractivity (Wildman–Crippen MR) is 77.9 cm³/mol. The van der Waals surface area contributed by atoms with Crippen LogP contribution in [-0.4, -0.2) is 26.0 Å². The fourth-order valence-corrected chi connectivity index (χ4v) is 5.69. The number of nitrogens with zero attached hydrogens (tertiary/aromatic N) is 1. The molecule has 0 spiro atoms. The number of carbonyl (C=O) groups is 1. The van der Waals surface area contributed by atoms with Crippen molar-refractivity contribution in [1.29, 1.82) is 0 Å². The van der Waals surface area contributed by atoms with Crippen molar-refractivity contribution in [1.82, 2.24) is 10.3 Å². The molecule has 2 heterocycles. The molecule has 0 bridgehead atoms. The topological polar surface area (TPSA) is 97.5 Å². The van der Waals surface area contributed by atoms with E-state index in [1.165, 1.54) is 0 Å². The molecule has 3 rings (SSSR count). The van der Waals surface area contributed by atoms with Crippen LogP contribution < -0.4 is 33.1 Å². The maximum absolute atomic E-state index is 14.2. The van der Waals surface area contributed by atoms with Crippen LogP contribution in [0.4, 0.5) is 13.2 Å². The van der Waals surface area contributed by atoms with Gasteiger partial charge in [-0.25, -0.2) is 0 Å². The molecule has 25 heavy (non-hydrogen) atoms. The van der Waals surface area contributed by atoms with E-state index in [-0.39, 0.29) is 34.6 Å². The Kier molecular flexibility index (Phi) is 4.84. The number of halogens is 4. The Hall–Kier alpha value is -1.92. The summed E-state index contributed by atoms with van der Waals surface area (Å²) < 4.78 is 62.9. The van der Waals surface area contributed by atoms with Gasteiger partial charge in [0.05, 0.1) is 0 Å². The van der Waals surface area contributed by atoms with E-state index in [4.69, 9.17) is 8.68 Å². The average Bonchev–Trinajstić information content (AvgIpc) is 2.88. The van der Waals surface area contributed by atoms with Crippen molar-refractivity contribution in [2.45, 2.75) is 6.42 Å². The third kappa shape index (κ3) is 3.28. The zero-order valence-corrected chi connectivity index (χ0v) is 14.9. The number of hydrogen-bond acceptors (Lipinski definition) is 5. The molecule has 0 saturated heterocycles. The number of ether oxygens (including phenoxy) is 1. The summed E-state index contributed by atoms with van der Waals surface area (Å²) in [7, 11) is 0. The molecule has 0 fully saturated rings. The molecule has 1 aromatic heterocycles. The van der Waals surface area contributed by atoms with Crippen LogP contribution >= 0.6 is 0 Å². The molecule has 1 aromatic carbocycles. The number of alkyl halides is 1. The van der Waals surface area contributed by atoms with Gasteiger partial charge in [-0.15, -0.1) is 0 Å². The zero-order chi connectivity index (χ0) is 18.2. The van der Waals surface area contributed by atoms with Gasteiger partial charge in [0, 0.05) is 0 Å². The van der Waals surface area contributed by atoms with E-state index in [9.17, 15) is 21.4 Å². The minimum atomic E-state index is -3.85. The van der Waals surface area contributed by atoms with Crippen LogP contribution in [0.15, 0.2) is 18.2 Å². The van der Waals surface area contributed by atoms with Crippen LogP contribution in [0.1, 0.15) is 5.69 Å². The first kappa shape index (κ1) is 17.9. The van der Waals surface area contributed by atoms with E-state index in [1.54, 1.807) is 6.07 Å². The van der Waals surface area contributed by atoms with Crippen molar-refractivity contribution >= 4 is 6.41 Å². The monoisotopic (exact) mass is 468 g/mol. The number of aromatic nitrogens is 1. The van der Waals surface area contributed by atoms with E-state index in [0.717, 1.165) is 12.1 Å². The number of benzene rings is 1. The Labute approximate surface area is 145 Å². The molecule has 10 heteroatoms. The Morgan fingerprint density at radius 3 is 2.84 bits per heavy atom. The number of pyridine rings is 1. The third-order valence-electron chi connectivity index (χ3n) is 3.60. The first-order valence-electron chi connectivity index (χ1n) is 7.07. The summed E-state index contributed by atoms with van der Waals surface area (Å²) in [5.74, 6) is -4.26. The van der Waals surface area contributed by atoms with Gasteiger partial charge in [-0.05, 0) is 0 Å². The molecule has 6 nitrogen and oxygen atoms in total. The van der Waals surface area contributed by atoms with Gasteiger partial charge in [-0.1, -0.05) is 0 Å². The van der Waals surface area contributed by atoms with Crippen molar-refractivity contribution in [3.8, 4) is 17.0 Å². The van der Waals surface area contributed by atoms with Crippen molar-refractivity contribution < 1.29 is 45.3 Å². The summed E-state index contributed by atoms with van der Waals surface area (Å²) in [5, 5.41) is 2.46. The quantitative estimate of drug-likeness (QED) is 0.117. The first-order chi connectivity index (χ1) is 11.8. The number of nitrogens with one attached hydrogen (secondary N) is 1. The van der Waals surface area contributed by atoms with E-state index in [0.29, 0.717) is 15.7 Å². The van der Waals surface area contributed by atoms with Crippen LogP contribution in [0.2, 0.25) is 0 Å². The van der Waals surface area contributed by atoms with Gasteiger partial charge in [-0.2, -0.15) is 0 Å². The number of carbonyl (C=O) groups excluding carboxylic acids is 1. The Balaban J connectivity index is 2.16. The fraction of sp³-hybridized carbons (Fsp3) is 0.200. The van der Waals surface area contributed by atoms with E-state index >= 15 is 0 Å². The molecule has 136 valence electrons. The standard InChI is InChI=1S/C15H14F3IN3O3/c16-10-2-1-9(12(17)13(10)18)14-15-11(19(20,24)6-25-15)5-8(22-14)3-4-21-7-23/h1-2,5,7,24H,3-4,6,20H2,(H,21,23)/q-1. The third-order valence-corrected chi connectivity index (χ3v) is 7.67. The number of nitrogens with two attached hydrogens (primary N) is 1. The van der Waals surface area contributed by atoms with Crippen LogP contribution in [-0.2, 0) is 11.2 Å². The van der Waals surface area contributed by atoms with E-state index in [1.807, 2.05) is 0 Å². The Morgan fingerprint density at radius 1 is 1.36 bits per heavy atom. The van der Waals surface area contributed by atoms with Crippen molar-refractivity contribution in [3.63, 3.8) is 0 Å². The molecular weight excluding hydrogens is 454 g/mol. The van der Waals surface area contributed by atoms with Gasteiger partial charge in [-0.3, -0.25) is 0 Å². The number of fused-ring (bicyclic) bond motifs is 1. The maximum atomic E-state index is 14.2. The number of hydrogen-bond donors (Lipinski definition) is 3. The average molecular weight is 468 g/mol. The van der Waals surface area contributed by atoms with Gasteiger partial charge in [0.1, 0.15) is 0 Å².